The molecule has 0 aliphatic carbocycles. The lowest BCUT2D eigenvalue weighted by atomic mass is 9.82. The molecular weight excluding hydrogens is 440 g/mol. The summed E-state index contributed by atoms with van der Waals surface area (Å²) in [7, 11) is 0. The first-order chi connectivity index (χ1) is 16.0. The second-order valence-corrected chi connectivity index (χ2v) is 10.3. The van der Waals surface area contributed by atoms with Gasteiger partial charge in [-0.1, -0.05) is 27.7 Å². The molecule has 2 heterocycles. The van der Waals surface area contributed by atoms with E-state index < -0.39 is 5.43 Å². The smallest absolute Gasteiger partial charge is 0.229 e. The van der Waals surface area contributed by atoms with Gasteiger partial charge in [-0.05, 0) is 42.9 Å². The van der Waals surface area contributed by atoms with E-state index in [0.29, 0.717) is 50.6 Å². The summed E-state index contributed by atoms with van der Waals surface area (Å²) in [6.07, 6.45) is 8.04. The normalized spacial score (nSPS) is 12.2. The molecule has 2 rings (SSSR count). The highest BCUT2D eigenvalue weighted by molar-refractivity contribution is 5.21. The topological polar surface area (TPSA) is 119 Å². The minimum Gasteiger partial charge on any atom is -0.502 e. The molecule has 2 N–H and O–H groups in total. The zero-order chi connectivity index (χ0) is 25.2. The van der Waals surface area contributed by atoms with E-state index >= 15 is 0 Å². The molecule has 0 aliphatic heterocycles. The van der Waals surface area contributed by atoms with E-state index in [1.807, 2.05) is 0 Å². The number of rotatable bonds is 15. The highest BCUT2D eigenvalue weighted by Gasteiger charge is 2.22. The zero-order valence-electron chi connectivity index (χ0n) is 20.7. The van der Waals surface area contributed by atoms with E-state index in [4.69, 9.17) is 18.3 Å². The van der Waals surface area contributed by atoms with Crippen molar-refractivity contribution < 1.29 is 28.5 Å². The molecule has 2 aromatic rings. The molecule has 0 aliphatic rings. The van der Waals surface area contributed by atoms with Crippen LogP contribution in [0.1, 0.15) is 64.7 Å². The van der Waals surface area contributed by atoms with Crippen molar-refractivity contribution in [3.8, 4) is 11.5 Å². The molecule has 2 aromatic heterocycles. The van der Waals surface area contributed by atoms with E-state index in [1.54, 1.807) is 0 Å². The third-order valence-electron chi connectivity index (χ3n) is 5.75. The SMILES string of the molecule is CC(C)(CCOCCCOCCCC(C)(C)Cc1cocc(O)c1=O)Cc1cc(=O)c(O)co1. The van der Waals surface area contributed by atoms with E-state index in [0.717, 1.165) is 38.2 Å². The van der Waals surface area contributed by atoms with E-state index in [-0.39, 0.29) is 27.8 Å². The molecule has 0 fully saturated rings. The van der Waals surface area contributed by atoms with Crippen molar-refractivity contribution >= 4 is 0 Å². The van der Waals surface area contributed by atoms with Gasteiger partial charge in [0.2, 0.25) is 10.9 Å². The summed E-state index contributed by atoms with van der Waals surface area (Å²) in [5.41, 5.74) is -0.522. The van der Waals surface area contributed by atoms with Crippen molar-refractivity contribution in [1.29, 1.82) is 0 Å². The van der Waals surface area contributed by atoms with Gasteiger partial charge in [-0.25, -0.2) is 0 Å². The van der Waals surface area contributed by atoms with Crippen LogP contribution in [0.3, 0.4) is 0 Å². The molecule has 0 atom stereocenters. The maximum absolute atomic E-state index is 12.0. The van der Waals surface area contributed by atoms with Crippen LogP contribution in [-0.2, 0) is 22.3 Å². The first kappa shape index (κ1) is 27.7. The molecule has 0 radical (unpaired) electrons. The van der Waals surface area contributed by atoms with Crippen LogP contribution in [-0.4, -0.2) is 36.6 Å². The molecule has 8 nitrogen and oxygen atoms in total. The molecule has 0 bridgehead atoms. The van der Waals surface area contributed by atoms with Crippen LogP contribution in [0.25, 0.3) is 0 Å². The summed E-state index contributed by atoms with van der Waals surface area (Å²) in [6.45, 7) is 10.8. The van der Waals surface area contributed by atoms with Crippen LogP contribution in [0.15, 0.2) is 43.3 Å². The average Bonchev–Trinajstić information content (AvgIpc) is 2.75. The fourth-order valence-corrected chi connectivity index (χ4v) is 3.74. The Bertz CT molecular complexity index is 1000. The molecule has 0 aromatic carbocycles. The van der Waals surface area contributed by atoms with Crippen LogP contribution >= 0.6 is 0 Å². The van der Waals surface area contributed by atoms with Crippen LogP contribution < -0.4 is 10.9 Å². The average molecular weight is 479 g/mol. The Hall–Kier alpha value is -2.58. The number of ether oxygens (including phenoxy) is 2. The molecule has 190 valence electrons. The van der Waals surface area contributed by atoms with E-state index in [1.165, 1.54) is 12.3 Å². The first-order valence-electron chi connectivity index (χ1n) is 11.7. The maximum atomic E-state index is 12.0. The summed E-state index contributed by atoms with van der Waals surface area (Å²) in [6, 6.07) is 1.33. The lowest BCUT2D eigenvalue weighted by Gasteiger charge is -2.24. The summed E-state index contributed by atoms with van der Waals surface area (Å²) in [4.78, 5) is 23.5. The van der Waals surface area contributed by atoms with Crippen molar-refractivity contribution in [3.05, 3.63) is 56.6 Å². The van der Waals surface area contributed by atoms with E-state index in [9.17, 15) is 19.8 Å². The van der Waals surface area contributed by atoms with Gasteiger partial charge in [-0.15, -0.1) is 0 Å². The quantitative estimate of drug-likeness (QED) is 0.361. The molecule has 0 saturated carbocycles. The highest BCUT2D eigenvalue weighted by atomic mass is 16.5. The predicted octanol–water partition coefficient (Wildman–Crippen LogP) is 4.44. The van der Waals surface area contributed by atoms with Crippen molar-refractivity contribution in [3.63, 3.8) is 0 Å². The van der Waals surface area contributed by atoms with Crippen LogP contribution in [0, 0.1) is 10.8 Å². The number of aromatic hydroxyl groups is 2. The van der Waals surface area contributed by atoms with Gasteiger partial charge in [0.1, 0.15) is 18.3 Å². The second kappa shape index (κ2) is 12.8. The van der Waals surface area contributed by atoms with Gasteiger partial charge in [0.15, 0.2) is 11.5 Å². The molecule has 34 heavy (non-hydrogen) atoms. The number of hydrogen-bond donors (Lipinski definition) is 2. The molecule has 0 spiro atoms. The highest BCUT2D eigenvalue weighted by Crippen LogP contribution is 2.27. The molecule has 8 heteroatoms. The van der Waals surface area contributed by atoms with Gasteiger partial charge in [-0.3, -0.25) is 9.59 Å². The van der Waals surface area contributed by atoms with Crippen LogP contribution in [0.5, 0.6) is 11.5 Å². The zero-order valence-corrected chi connectivity index (χ0v) is 20.7. The standard InChI is InChI=1S/C26H38O8/c1-25(2,14-19-16-33-17-23(29)24(19)30)7-5-9-31-10-6-11-32-12-8-26(3,4)15-20-13-21(27)22(28)18-34-20/h13,16-18,28-29H,5-12,14-15H2,1-4H3. The molecular formula is C26H38O8. The Morgan fingerprint density at radius 2 is 1.44 bits per heavy atom. The van der Waals surface area contributed by atoms with Gasteiger partial charge in [0.05, 0.1) is 6.26 Å². The van der Waals surface area contributed by atoms with E-state index in [2.05, 4.69) is 27.7 Å². The number of hydrogen-bond acceptors (Lipinski definition) is 8. The Kier molecular flexibility index (Phi) is 10.4. The van der Waals surface area contributed by atoms with Gasteiger partial charge in [-0.2, -0.15) is 0 Å². The minimum atomic E-state index is -0.430. The summed E-state index contributed by atoms with van der Waals surface area (Å²) >= 11 is 0. The first-order valence-corrected chi connectivity index (χ1v) is 11.7. The lowest BCUT2D eigenvalue weighted by molar-refractivity contribution is 0.0659. The molecule has 0 unspecified atom stereocenters. The van der Waals surface area contributed by atoms with Crippen molar-refractivity contribution in [2.24, 2.45) is 10.8 Å². The predicted molar refractivity (Wildman–Crippen MR) is 128 cm³/mol. The summed E-state index contributed by atoms with van der Waals surface area (Å²) < 4.78 is 21.7. The van der Waals surface area contributed by atoms with Crippen LogP contribution in [0.2, 0.25) is 0 Å². The summed E-state index contributed by atoms with van der Waals surface area (Å²) in [5, 5.41) is 18.8. The van der Waals surface area contributed by atoms with Gasteiger partial charge in [0.25, 0.3) is 0 Å². The van der Waals surface area contributed by atoms with Gasteiger partial charge in [0, 0.05) is 44.5 Å². The Morgan fingerprint density at radius 1 is 0.794 bits per heavy atom. The maximum Gasteiger partial charge on any atom is 0.229 e. The molecule has 0 amide bonds. The summed E-state index contributed by atoms with van der Waals surface area (Å²) in [5.74, 6) is -0.179. The second-order valence-electron chi connectivity index (χ2n) is 10.3. The Labute approximate surface area is 200 Å². The minimum absolute atomic E-state index is 0.102. The monoisotopic (exact) mass is 478 g/mol. The fourth-order valence-electron chi connectivity index (χ4n) is 3.74. The third-order valence-corrected chi connectivity index (χ3v) is 5.75. The van der Waals surface area contributed by atoms with Crippen molar-refractivity contribution in [1.82, 2.24) is 0 Å². The fraction of sp³-hybridized carbons (Fsp3) is 0.615. The molecule has 0 saturated heterocycles. The Morgan fingerprint density at radius 3 is 2.15 bits per heavy atom. The Balaban J connectivity index is 1.53. The third kappa shape index (κ3) is 9.73. The van der Waals surface area contributed by atoms with Crippen molar-refractivity contribution in [2.75, 3.05) is 26.4 Å². The van der Waals surface area contributed by atoms with Gasteiger partial charge >= 0.3 is 0 Å². The van der Waals surface area contributed by atoms with Crippen LogP contribution in [0.4, 0.5) is 0 Å². The largest absolute Gasteiger partial charge is 0.502 e. The van der Waals surface area contributed by atoms with Gasteiger partial charge < -0.3 is 28.5 Å². The van der Waals surface area contributed by atoms with Crippen molar-refractivity contribution in [2.45, 2.75) is 66.2 Å². The lowest BCUT2D eigenvalue weighted by Crippen LogP contribution is -2.20.